The molecule has 0 unspecified atom stereocenters. The first-order valence-corrected chi connectivity index (χ1v) is 0. The van der Waals surface area contributed by atoms with Gasteiger partial charge in [-0.1, -0.05) is 0 Å². The molecule has 33 heavy (non-hydrogen) atoms. The van der Waals surface area contributed by atoms with Gasteiger partial charge in [-0.2, -0.15) is 0 Å². The fourth-order valence-corrected chi connectivity index (χ4v) is 0. The van der Waals surface area contributed by atoms with Gasteiger partial charge in [0.05, 0.1) is 0 Å². The van der Waals surface area contributed by atoms with Crippen molar-refractivity contribution in [3.63, 3.8) is 0 Å². The van der Waals surface area contributed by atoms with Gasteiger partial charge in [-0.15, -0.1) is 86.8 Å². The predicted molar refractivity (Wildman–Crippen MR) is 237 cm³/mol. The summed E-state index contributed by atoms with van der Waals surface area (Å²) in [5.74, 6) is 0. The standard InChI is InChI=1S/7ClH.26Na.26H/h7*1H;;;;;;;;;;;;;;;;;;;;;;;;;;;;;;;;;;;;;;;;;;;;;;;;;;;;. The Morgan fingerprint density at radius 1 is 0.0606 bits per heavy atom. The Bertz CT molecular complexity index is 24.6. The molecule has 0 rings (SSSR count). The molecule has 108 valence electrons. The van der Waals surface area contributed by atoms with Crippen molar-refractivity contribution in [1.29, 1.82) is 0 Å². The van der Waals surface area contributed by atoms with Gasteiger partial charge in [0.25, 0.3) is 0 Å². The van der Waals surface area contributed by atoms with Crippen molar-refractivity contribution in [2.75, 3.05) is 0 Å². The molecule has 0 aliphatic rings. The molecule has 0 aromatic rings. The molecule has 0 aromatic heterocycles. The Hall–Kier alpha value is 28.0. The van der Waals surface area contributed by atoms with Crippen LogP contribution in [0, 0.1) is 0 Å². The van der Waals surface area contributed by atoms with Gasteiger partial charge in [0, 0.05) is 0 Å². The van der Waals surface area contributed by atoms with Crippen molar-refractivity contribution in [1.82, 2.24) is 0 Å². The topological polar surface area (TPSA) is 0 Å². The number of halogens is 7. The van der Waals surface area contributed by atoms with Crippen molar-refractivity contribution in [2.45, 2.75) is 0 Å². The van der Waals surface area contributed by atoms with Gasteiger partial charge in [0.2, 0.25) is 0 Å². The quantitative estimate of drug-likeness (QED) is 0.213. The molecule has 0 atom stereocenters. The summed E-state index contributed by atoms with van der Waals surface area (Å²) in [5, 5.41) is 0. The summed E-state index contributed by atoms with van der Waals surface area (Å²) in [4.78, 5) is 0. The summed E-state index contributed by atoms with van der Waals surface area (Å²) in [6.45, 7) is 0. The maximum atomic E-state index is 0. The Labute approximate surface area is 825 Å². The van der Waals surface area contributed by atoms with E-state index in [1.165, 1.54) is 0 Å². The van der Waals surface area contributed by atoms with E-state index in [1.807, 2.05) is 0 Å². The zero-order valence-electron chi connectivity index (χ0n) is 2.86. The average Bonchev–Trinajstić information content (AvgIpc) is 0. The summed E-state index contributed by atoms with van der Waals surface area (Å²) in [7, 11) is 0. The second-order valence-corrected chi connectivity index (χ2v) is 0. The fourth-order valence-electron chi connectivity index (χ4n) is 0. The SMILES string of the molecule is Cl.Cl.Cl.Cl.Cl.Cl.Cl.[NaH].[NaH].[NaH].[NaH].[NaH].[NaH].[NaH].[NaH].[NaH].[NaH].[NaH].[NaH].[NaH].[NaH].[NaH].[NaH].[NaH].[NaH].[NaH].[NaH].[NaH].[NaH].[NaH].[NaH].[NaH].[NaH]. The predicted octanol–water partition coefficient (Wildman–Crippen LogP) is -13.9. The monoisotopic (exact) mass is 876 g/mol. The van der Waals surface area contributed by atoms with Gasteiger partial charge in [-0.3, -0.25) is 0 Å². The van der Waals surface area contributed by atoms with Crippen LogP contribution in [0.3, 0.4) is 0 Å². The Kier molecular flexibility index (Phi) is 2260. The van der Waals surface area contributed by atoms with Gasteiger partial charge in [0.1, 0.15) is 0 Å². The Morgan fingerprint density at radius 3 is 0.0606 bits per heavy atom. The summed E-state index contributed by atoms with van der Waals surface area (Å²) >= 11 is 0. The van der Waals surface area contributed by atoms with Crippen LogP contribution in [0.1, 0.15) is 0 Å². The molecule has 0 aliphatic carbocycles. The van der Waals surface area contributed by atoms with Crippen molar-refractivity contribution < 1.29 is 0 Å². The van der Waals surface area contributed by atoms with Crippen LogP contribution in [0.4, 0.5) is 0 Å². The first-order chi connectivity index (χ1) is 0. The second kappa shape index (κ2) is 266. The molecular formula is H33Cl7Na26. The summed E-state index contributed by atoms with van der Waals surface area (Å²) in [6.07, 6.45) is 0. The third-order valence-corrected chi connectivity index (χ3v) is 0. The summed E-state index contributed by atoms with van der Waals surface area (Å²) in [6, 6.07) is 0. The first-order valence-electron chi connectivity index (χ1n) is 0. The molecule has 0 aliphatic heterocycles. The maximum absolute atomic E-state index is 0. The molecule has 0 radical (unpaired) electrons. The Morgan fingerprint density at radius 2 is 0.0606 bits per heavy atom. The van der Waals surface area contributed by atoms with Crippen LogP contribution in [-0.2, 0) is 0 Å². The summed E-state index contributed by atoms with van der Waals surface area (Å²) in [5.41, 5.74) is 0. The average molecular weight is 879 g/mol. The van der Waals surface area contributed by atoms with E-state index in [1.54, 1.807) is 0 Å². The zero-order valence-corrected chi connectivity index (χ0v) is 8.57. The molecule has 0 saturated carbocycles. The van der Waals surface area contributed by atoms with E-state index >= 15 is 0 Å². The van der Waals surface area contributed by atoms with Crippen molar-refractivity contribution in [2.24, 2.45) is 0 Å². The zero-order chi connectivity index (χ0) is 0. The first kappa shape index (κ1) is 280. The van der Waals surface area contributed by atoms with Crippen molar-refractivity contribution >= 4 is 855 Å². The van der Waals surface area contributed by atoms with Crippen LogP contribution in [0.15, 0.2) is 0 Å². The molecule has 0 bridgehead atoms. The van der Waals surface area contributed by atoms with Crippen LogP contribution in [0.2, 0.25) is 0 Å². The molecule has 0 amide bonds. The molecule has 0 heterocycles. The van der Waals surface area contributed by atoms with E-state index in [9.17, 15) is 0 Å². The molecule has 0 spiro atoms. The van der Waals surface area contributed by atoms with Gasteiger partial charge < -0.3 is 0 Å². The minimum absolute atomic E-state index is 0. The van der Waals surface area contributed by atoms with Crippen LogP contribution in [0.5, 0.6) is 0 Å². The third-order valence-electron chi connectivity index (χ3n) is 0. The Balaban J connectivity index is 0. The van der Waals surface area contributed by atoms with Crippen molar-refractivity contribution in [3.8, 4) is 0 Å². The number of hydrogen-bond donors (Lipinski definition) is 0. The van der Waals surface area contributed by atoms with Crippen molar-refractivity contribution in [3.05, 3.63) is 0 Å². The molecule has 0 fully saturated rings. The molecule has 0 saturated heterocycles. The van der Waals surface area contributed by atoms with Gasteiger partial charge in [-0.25, -0.2) is 0 Å². The van der Waals surface area contributed by atoms with E-state index in [0.717, 1.165) is 0 Å². The normalized spacial score (nSPS) is 0. The van der Waals surface area contributed by atoms with E-state index in [4.69, 9.17) is 0 Å². The molecule has 0 nitrogen and oxygen atoms in total. The van der Waals surface area contributed by atoms with Gasteiger partial charge in [0.15, 0.2) is 0 Å². The van der Waals surface area contributed by atoms with E-state index in [0.29, 0.717) is 0 Å². The molecule has 0 aromatic carbocycles. The van der Waals surface area contributed by atoms with Crippen LogP contribution < -0.4 is 0 Å². The molecule has 0 N–H and O–H groups in total. The minimum atomic E-state index is 0. The molecule has 33 heteroatoms. The van der Waals surface area contributed by atoms with Gasteiger partial charge in [-0.05, 0) is 0 Å². The van der Waals surface area contributed by atoms with E-state index < -0.39 is 0 Å². The van der Waals surface area contributed by atoms with E-state index in [-0.39, 0.29) is 855 Å². The van der Waals surface area contributed by atoms with Crippen LogP contribution in [0.25, 0.3) is 0 Å². The fraction of sp³-hybridized carbons (Fsp3) is 0. The van der Waals surface area contributed by atoms with Crippen LogP contribution >= 0.6 is 86.8 Å². The number of rotatable bonds is 0. The molecular weight excluding hydrogens is 846 g/mol. The number of hydrogen-bond acceptors (Lipinski definition) is 0. The second-order valence-electron chi connectivity index (χ2n) is 0. The summed E-state index contributed by atoms with van der Waals surface area (Å²) < 4.78 is 0. The third kappa shape index (κ3) is 257. The van der Waals surface area contributed by atoms with E-state index in [2.05, 4.69) is 0 Å². The van der Waals surface area contributed by atoms with Crippen LogP contribution in [-0.4, -0.2) is 768 Å². The van der Waals surface area contributed by atoms with Gasteiger partial charge >= 0.3 is 768 Å².